The van der Waals surface area contributed by atoms with Gasteiger partial charge < -0.3 is 14.8 Å². The zero-order valence-corrected chi connectivity index (χ0v) is 10.1. The van der Waals surface area contributed by atoms with E-state index in [9.17, 15) is 0 Å². The summed E-state index contributed by atoms with van der Waals surface area (Å²) in [5.41, 5.74) is 0.604. The summed E-state index contributed by atoms with van der Waals surface area (Å²) in [7, 11) is 0. The summed E-state index contributed by atoms with van der Waals surface area (Å²) in [6.45, 7) is 8.89. The van der Waals surface area contributed by atoms with Gasteiger partial charge in [-0.2, -0.15) is 0 Å². The third kappa shape index (κ3) is 2.92. The molecule has 1 heterocycles. The Hall–Kier alpha value is -0.120. The van der Waals surface area contributed by atoms with Crippen molar-refractivity contribution in [2.24, 2.45) is 5.41 Å². The van der Waals surface area contributed by atoms with Crippen LogP contribution in [0.1, 0.15) is 40.0 Å². The van der Waals surface area contributed by atoms with Crippen LogP contribution in [0.2, 0.25) is 0 Å². The van der Waals surface area contributed by atoms with E-state index < -0.39 is 0 Å². The molecule has 0 aromatic heterocycles. The first-order chi connectivity index (χ1) is 7.05. The Morgan fingerprint density at radius 3 is 2.27 bits per heavy atom. The highest BCUT2D eigenvalue weighted by molar-refractivity contribution is 4.94. The SMILES string of the molecule is CCC1(CNC2COC(C)(C)OC2)CC1. The molecule has 2 fully saturated rings. The van der Waals surface area contributed by atoms with Crippen LogP contribution in [0.25, 0.3) is 0 Å². The summed E-state index contributed by atoms with van der Waals surface area (Å²) >= 11 is 0. The lowest BCUT2D eigenvalue weighted by atomic mass is 10.0. The van der Waals surface area contributed by atoms with Gasteiger partial charge in [0.2, 0.25) is 0 Å². The third-order valence-corrected chi connectivity index (χ3v) is 3.74. The summed E-state index contributed by atoms with van der Waals surface area (Å²) in [5, 5.41) is 3.56. The average molecular weight is 213 g/mol. The van der Waals surface area contributed by atoms with Crippen LogP contribution < -0.4 is 5.32 Å². The van der Waals surface area contributed by atoms with Crippen molar-refractivity contribution in [3.63, 3.8) is 0 Å². The van der Waals surface area contributed by atoms with E-state index >= 15 is 0 Å². The van der Waals surface area contributed by atoms with Crippen molar-refractivity contribution in [1.29, 1.82) is 0 Å². The van der Waals surface area contributed by atoms with E-state index in [0.29, 0.717) is 11.5 Å². The van der Waals surface area contributed by atoms with Gasteiger partial charge in [0.1, 0.15) is 0 Å². The number of rotatable bonds is 4. The van der Waals surface area contributed by atoms with Gasteiger partial charge in [-0.05, 0) is 38.5 Å². The molecule has 0 atom stereocenters. The molecule has 2 aliphatic rings. The van der Waals surface area contributed by atoms with Crippen LogP contribution in [-0.4, -0.2) is 31.6 Å². The Balaban J connectivity index is 1.69. The predicted molar refractivity (Wildman–Crippen MR) is 59.7 cm³/mol. The highest BCUT2D eigenvalue weighted by Gasteiger charge is 2.41. The second-order valence-corrected chi connectivity index (χ2v) is 5.45. The Kier molecular flexibility index (Phi) is 3.06. The summed E-state index contributed by atoms with van der Waals surface area (Å²) in [6, 6.07) is 0.377. The van der Waals surface area contributed by atoms with Crippen LogP contribution in [0.3, 0.4) is 0 Å². The van der Waals surface area contributed by atoms with Gasteiger partial charge in [-0.25, -0.2) is 0 Å². The minimum Gasteiger partial charge on any atom is -0.349 e. The molecular formula is C12H23NO2. The quantitative estimate of drug-likeness (QED) is 0.774. The standard InChI is InChI=1S/C12H23NO2/c1-4-12(5-6-12)9-13-10-7-14-11(2,3)15-8-10/h10,13H,4-9H2,1-3H3. The Labute approximate surface area is 92.5 Å². The third-order valence-electron chi connectivity index (χ3n) is 3.74. The molecule has 0 aromatic rings. The van der Waals surface area contributed by atoms with Crippen molar-refractivity contribution >= 4 is 0 Å². The molecule has 1 aliphatic heterocycles. The summed E-state index contributed by atoms with van der Waals surface area (Å²) in [5.74, 6) is -0.389. The topological polar surface area (TPSA) is 30.5 Å². The lowest BCUT2D eigenvalue weighted by Gasteiger charge is -2.35. The van der Waals surface area contributed by atoms with Crippen molar-refractivity contribution < 1.29 is 9.47 Å². The molecule has 88 valence electrons. The zero-order valence-electron chi connectivity index (χ0n) is 10.1. The van der Waals surface area contributed by atoms with Crippen LogP contribution in [0, 0.1) is 5.41 Å². The molecule has 15 heavy (non-hydrogen) atoms. The van der Waals surface area contributed by atoms with Crippen LogP contribution in [0.4, 0.5) is 0 Å². The molecular weight excluding hydrogens is 190 g/mol. The summed E-state index contributed by atoms with van der Waals surface area (Å²) < 4.78 is 11.2. The van der Waals surface area contributed by atoms with Crippen LogP contribution >= 0.6 is 0 Å². The fourth-order valence-corrected chi connectivity index (χ4v) is 2.00. The lowest BCUT2D eigenvalue weighted by Crippen LogP contribution is -2.49. The van der Waals surface area contributed by atoms with Crippen LogP contribution in [0.15, 0.2) is 0 Å². The lowest BCUT2D eigenvalue weighted by molar-refractivity contribution is -0.253. The summed E-state index contributed by atoms with van der Waals surface area (Å²) in [4.78, 5) is 0. The fraction of sp³-hybridized carbons (Fsp3) is 1.00. The van der Waals surface area contributed by atoms with E-state index in [0.717, 1.165) is 19.8 Å². The minimum atomic E-state index is -0.389. The van der Waals surface area contributed by atoms with Gasteiger partial charge in [0.25, 0.3) is 0 Å². The Bertz CT molecular complexity index is 214. The number of hydrogen-bond acceptors (Lipinski definition) is 3. The minimum absolute atomic E-state index is 0.377. The van der Waals surface area contributed by atoms with E-state index in [1.54, 1.807) is 0 Å². The monoisotopic (exact) mass is 213 g/mol. The van der Waals surface area contributed by atoms with Gasteiger partial charge in [-0.15, -0.1) is 0 Å². The molecule has 3 nitrogen and oxygen atoms in total. The van der Waals surface area contributed by atoms with Gasteiger partial charge in [0.15, 0.2) is 5.79 Å². The highest BCUT2D eigenvalue weighted by Crippen LogP contribution is 2.47. The van der Waals surface area contributed by atoms with E-state index in [2.05, 4.69) is 12.2 Å². The fourth-order valence-electron chi connectivity index (χ4n) is 2.00. The van der Waals surface area contributed by atoms with E-state index in [-0.39, 0.29) is 5.79 Å². The maximum atomic E-state index is 5.61. The molecule has 0 unspecified atom stereocenters. The highest BCUT2D eigenvalue weighted by atomic mass is 16.7. The van der Waals surface area contributed by atoms with Crippen molar-refractivity contribution in [3.05, 3.63) is 0 Å². The van der Waals surface area contributed by atoms with Gasteiger partial charge in [0, 0.05) is 6.54 Å². The number of ether oxygens (including phenoxy) is 2. The summed E-state index contributed by atoms with van der Waals surface area (Å²) in [6.07, 6.45) is 4.06. The van der Waals surface area contributed by atoms with Gasteiger partial charge >= 0.3 is 0 Å². The zero-order chi connectivity index (χ0) is 10.9. The maximum Gasteiger partial charge on any atom is 0.162 e. The molecule has 0 radical (unpaired) electrons. The first-order valence-corrected chi connectivity index (χ1v) is 6.07. The maximum absolute atomic E-state index is 5.61. The van der Waals surface area contributed by atoms with Gasteiger partial charge in [-0.3, -0.25) is 0 Å². The Morgan fingerprint density at radius 2 is 1.80 bits per heavy atom. The van der Waals surface area contributed by atoms with Gasteiger partial charge in [0.05, 0.1) is 19.3 Å². The molecule has 1 aliphatic carbocycles. The van der Waals surface area contributed by atoms with Crippen molar-refractivity contribution in [2.45, 2.75) is 51.9 Å². The second-order valence-electron chi connectivity index (χ2n) is 5.45. The van der Waals surface area contributed by atoms with Gasteiger partial charge in [-0.1, -0.05) is 6.92 Å². The number of nitrogens with one attached hydrogen (secondary N) is 1. The van der Waals surface area contributed by atoms with Crippen molar-refractivity contribution in [2.75, 3.05) is 19.8 Å². The van der Waals surface area contributed by atoms with Crippen LogP contribution in [-0.2, 0) is 9.47 Å². The molecule has 1 saturated carbocycles. The molecule has 0 bridgehead atoms. The van der Waals surface area contributed by atoms with Crippen LogP contribution in [0.5, 0.6) is 0 Å². The molecule has 0 spiro atoms. The largest absolute Gasteiger partial charge is 0.349 e. The molecule has 0 amide bonds. The van der Waals surface area contributed by atoms with E-state index in [4.69, 9.17) is 9.47 Å². The number of hydrogen-bond donors (Lipinski definition) is 1. The second kappa shape index (κ2) is 4.04. The molecule has 1 N–H and O–H groups in total. The molecule has 3 heteroatoms. The molecule has 1 saturated heterocycles. The Morgan fingerprint density at radius 1 is 1.20 bits per heavy atom. The smallest absolute Gasteiger partial charge is 0.162 e. The molecule has 0 aromatic carbocycles. The van der Waals surface area contributed by atoms with Crippen molar-refractivity contribution in [3.8, 4) is 0 Å². The van der Waals surface area contributed by atoms with E-state index in [1.165, 1.54) is 19.3 Å². The first-order valence-electron chi connectivity index (χ1n) is 6.07. The van der Waals surface area contributed by atoms with E-state index in [1.807, 2.05) is 13.8 Å². The molecule has 2 rings (SSSR count). The average Bonchev–Trinajstić information content (AvgIpc) is 2.97. The predicted octanol–water partition coefficient (Wildman–Crippen LogP) is 1.92. The van der Waals surface area contributed by atoms with Crippen molar-refractivity contribution in [1.82, 2.24) is 5.32 Å². The first kappa shape index (κ1) is 11.4. The normalized spacial score (nSPS) is 29.0.